The summed E-state index contributed by atoms with van der Waals surface area (Å²) in [4.78, 5) is 10.4. The molecule has 7 heteroatoms. The highest BCUT2D eigenvalue weighted by atomic mass is 32.2. The lowest BCUT2D eigenvalue weighted by molar-refractivity contribution is -0.134. The number of aliphatic carboxylic acids is 1. The summed E-state index contributed by atoms with van der Waals surface area (Å²) in [5, 5.41) is 8.47. The molecule has 0 amide bonds. The molecule has 1 rings (SSSR count). The normalized spacial score (nSPS) is 22.2. The highest BCUT2D eigenvalue weighted by molar-refractivity contribution is 7.89. The molecule has 0 aliphatic carbocycles. The predicted octanol–water partition coefficient (Wildman–Crippen LogP) is -0.241. The van der Waals surface area contributed by atoms with Crippen molar-refractivity contribution in [3.8, 4) is 0 Å². The molecule has 1 aliphatic heterocycles. The predicted molar refractivity (Wildman–Crippen MR) is 57.6 cm³/mol. The van der Waals surface area contributed by atoms with Crippen LogP contribution in [0.2, 0.25) is 0 Å². The van der Waals surface area contributed by atoms with Gasteiger partial charge in [0.05, 0.1) is 6.61 Å². The Morgan fingerprint density at radius 2 is 2.25 bits per heavy atom. The third kappa shape index (κ3) is 4.07. The highest BCUT2D eigenvalue weighted by Gasteiger charge is 2.25. The largest absolute Gasteiger partial charge is 0.480 e. The SMILES string of the molecule is CN(CC1CCCOC1)S(=O)(=O)CC(=O)O. The summed E-state index contributed by atoms with van der Waals surface area (Å²) >= 11 is 0. The zero-order chi connectivity index (χ0) is 12.2. The average molecular weight is 251 g/mol. The van der Waals surface area contributed by atoms with E-state index in [1.54, 1.807) is 0 Å². The maximum Gasteiger partial charge on any atom is 0.320 e. The maximum atomic E-state index is 11.5. The molecule has 1 atom stereocenters. The van der Waals surface area contributed by atoms with Gasteiger partial charge in [0.25, 0.3) is 0 Å². The van der Waals surface area contributed by atoms with Gasteiger partial charge in [0.2, 0.25) is 10.0 Å². The third-order valence-corrected chi connectivity index (χ3v) is 4.26. The highest BCUT2D eigenvalue weighted by Crippen LogP contribution is 2.15. The fourth-order valence-corrected chi connectivity index (χ4v) is 2.67. The van der Waals surface area contributed by atoms with Crippen LogP contribution in [0.15, 0.2) is 0 Å². The van der Waals surface area contributed by atoms with Gasteiger partial charge < -0.3 is 9.84 Å². The van der Waals surface area contributed by atoms with E-state index >= 15 is 0 Å². The molecular weight excluding hydrogens is 234 g/mol. The zero-order valence-electron chi connectivity index (χ0n) is 9.26. The van der Waals surface area contributed by atoms with Crippen LogP contribution in [0, 0.1) is 5.92 Å². The summed E-state index contributed by atoms with van der Waals surface area (Å²) in [6, 6.07) is 0. The number of carboxylic acids is 1. The van der Waals surface area contributed by atoms with Crippen molar-refractivity contribution in [3.05, 3.63) is 0 Å². The van der Waals surface area contributed by atoms with Crippen molar-refractivity contribution in [1.82, 2.24) is 4.31 Å². The molecule has 0 aromatic carbocycles. The first-order valence-corrected chi connectivity index (χ1v) is 6.76. The smallest absolute Gasteiger partial charge is 0.320 e. The quantitative estimate of drug-likeness (QED) is 0.729. The number of ether oxygens (including phenoxy) is 1. The van der Waals surface area contributed by atoms with Crippen molar-refractivity contribution in [2.45, 2.75) is 12.8 Å². The van der Waals surface area contributed by atoms with Gasteiger partial charge in [-0.1, -0.05) is 0 Å². The average Bonchev–Trinajstić information content (AvgIpc) is 2.17. The van der Waals surface area contributed by atoms with E-state index in [2.05, 4.69) is 0 Å². The van der Waals surface area contributed by atoms with Gasteiger partial charge in [-0.3, -0.25) is 4.79 Å². The second-order valence-corrected chi connectivity index (χ2v) is 6.09. The molecule has 0 saturated carbocycles. The topological polar surface area (TPSA) is 83.9 Å². The molecule has 0 aromatic rings. The molecule has 6 nitrogen and oxygen atoms in total. The van der Waals surface area contributed by atoms with E-state index in [1.807, 2.05) is 0 Å². The maximum absolute atomic E-state index is 11.5. The standard InChI is InChI=1S/C9H17NO5S/c1-10(16(13,14)7-9(11)12)5-8-3-2-4-15-6-8/h8H,2-7H2,1H3,(H,11,12). The monoisotopic (exact) mass is 251 g/mol. The Bertz CT molecular complexity index is 334. The number of sulfonamides is 1. The van der Waals surface area contributed by atoms with E-state index in [-0.39, 0.29) is 5.92 Å². The molecule has 0 aromatic heterocycles. The van der Waals surface area contributed by atoms with E-state index in [9.17, 15) is 13.2 Å². The van der Waals surface area contributed by atoms with E-state index < -0.39 is 21.7 Å². The Kier molecular flexibility index (Phi) is 4.69. The Labute approximate surface area is 95.2 Å². The summed E-state index contributed by atoms with van der Waals surface area (Å²) in [6.45, 7) is 1.60. The Morgan fingerprint density at radius 3 is 2.75 bits per heavy atom. The second-order valence-electron chi connectivity index (χ2n) is 4.01. The lowest BCUT2D eigenvalue weighted by atomic mass is 10.0. The fraction of sp³-hybridized carbons (Fsp3) is 0.889. The second kappa shape index (κ2) is 5.60. The van der Waals surface area contributed by atoms with E-state index in [0.717, 1.165) is 23.8 Å². The van der Waals surface area contributed by atoms with Gasteiger partial charge in [-0.15, -0.1) is 0 Å². The van der Waals surface area contributed by atoms with Crippen LogP contribution in [0.1, 0.15) is 12.8 Å². The molecule has 0 spiro atoms. The van der Waals surface area contributed by atoms with Gasteiger partial charge in [0.15, 0.2) is 5.75 Å². The Balaban J connectivity index is 2.49. The summed E-state index contributed by atoms with van der Waals surface area (Å²) in [5.74, 6) is -2.01. The molecular formula is C9H17NO5S. The number of nitrogens with zero attached hydrogens (tertiary/aromatic N) is 1. The van der Waals surface area contributed by atoms with Crippen LogP contribution in [-0.2, 0) is 19.6 Å². The minimum atomic E-state index is -3.68. The molecule has 1 heterocycles. The van der Waals surface area contributed by atoms with Gasteiger partial charge in [-0.05, 0) is 18.8 Å². The summed E-state index contributed by atoms with van der Waals surface area (Å²) in [7, 11) is -2.27. The molecule has 0 bridgehead atoms. The number of hydrogen-bond acceptors (Lipinski definition) is 4. The van der Waals surface area contributed by atoms with Crippen molar-refractivity contribution in [3.63, 3.8) is 0 Å². The van der Waals surface area contributed by atoms with Crippen LogP contribution in [0.5, 0.6) is 0 Å². The lowest BCUT2D eigenvalue weighted by Crippen LogP contribution is -2.37. The number of hydrogen-bond donors (Lipinski definition) is 1. The van der Waals surface area contributed by atoms with Crippen molar-refractivity contribution in [2.24, 2.45) is 5.92 Å². The molecule has 16 heavy (non-hydrogen) atoms. The van der Waals surface area contributed by atoms with Crippen LogP contribution >= 0.6 is 0 Å². The summed E-state index contributed by atoms with van der Waals surface area (Å²) < 4.78 is 29.4. The molecule has 94 valence electrons. The van der Waals surface area contributed by atoms with Gasteiger partial charge in [-0.25, -0.2) is 12.7 Å². The van der Waals surface area contributed by atoms with Crippen LogP contribution in [0.3, 0.4) is 0 Å². The van der Waals surface area contributed by atoms with E-state index in [1.165, 1.54) is 7.05 Å². The number of carboxylic acid groups (broad SMARTS) is 1. The first kappa shape index (κ1) is 13.4. The number of rotatable bonds is 5. The van der Waals surface area contributed by atoms with Gasteiger partial charge in [0.1, 0.15) is 0 Å². The summed E-state index contributed by atoms with van der Waals surface area (Å²) in [6.07, 6.45) is 1.85. The Hall–Kier alpha value is -0.660. The zero-order valence-corrected chi connectivity index (χ0v) is 10.1. The van der Waals surface area contributed by atoms with Crippen LogP contribution in [0.4, 0.5) is 0 Å². The molecule has 1 saturated heterocycles. The minimum absolute atomic E-state index is 0.169. The molecule has 1 N–H and O–H groups in total. The van der Waals surface area contributed by atoms with Gasteiger partial charge >= 0.3 is 5.97 Å². The molecule has 1 unspecified atom stereocenters. The van der Waals surface area contributed by atoms with Crippen LogP contribution < -0.4 is 0 Å². The Morgan fingerprint density at radius 1 is 1.56 bits per heavy atom. The fourth-order valence-electron chi connectivity index (χ4n) is 1.69. The van der Waals surface area contributed by atoms with Gasteiger partial charge in [-0.2, -0.15) is 0 Å². The first-order chi connectivity index (χ1) is 7.42. The molecule has 1 aliphatic rings. The summed E-state index contributed by atoms with van der Waals surface area (Å²) in [5.41, 5.74) is 0. The van der Waals surface area contributed by atoms with Crippen LogP contribution in [0.25, 0.3) is 0 Å². The molecule has 1 fully saturated rings. The third-order valence-electron chi connectivity index (χ3n) is 2.55. The minimum Gasteiger partial charge on any atom is -0.480 e. The first-order valence-electron chi connectivity index (χ1n) is 5.15. The van der Waals surface area contributed by atoms with Crippen molar-refractivity contribution in [2.75, 3.05) is 32.6 Å². The van der Waals surface area contributed by atoms with Gasteiger partial charge in [0, 0.05) is 20.2 Å². The van der Waals surface area contributed by atoms with E-state index in [4.69, 9.17) is 9.84 Å². The lowest BCUT2D eigenvalue weighted by Gasteiger charge is -2.26. The van der Waals surface area contributed by atoms with Crippen LogP contribution in [-0.4, -0.2) is 56.4 Å². The van der Waals surface area contributed by atoms with E-state index in [0.29, 0.717) is 13.2 Å². The van der Waals surface area contributed by atoms with Crippen molar-refractivity contribution >= 4 is 16.0 Å². The number of carbonyl (C=O) groups is 1. The molecule has 0 radical (unpaired) electrons. The van der Waals surface area contributed by atoms with Crippen molar-refractivity contribution < 1.29 is 23.1 Å². The van der Waals surface area contributed by atoms with Crippen molar-refractivity contribution in [1.29, 1.82) is 0 Å².